The molecule has 5 heteroatoms. The van der Waals surface area contributed by atoms with E-state index in [0.717, 1.165) is 44.6 Å². The Hall–Kier alpha value is 0.0569. The molecule has 1 rings (SSSR count). The lowest BCUT2D eigenvalue weighted by atomic mass is 9.82. The minimum atomic E-state index is -2.45. The Morgan fingerprint density at radius 2 is 1.53 bits per heavy atom. The SMILES string of the molecule is CO[Si](CCCC1(O)CCCCC1)(OC)OC. The first-order valence-corrected chi connectivity index (χ1v) is 8.41. The summed E-state index contributed by atoms with van der Waals surface area (Å²) in [6.45, 7) is 0. The second-order valence-electron chi connectivity index (χ2n) is 4.93. The molecule has 1 fully saturated rings. The molecule has 0 heterocycles. The van der Waals surface area contributed by atoms with Crippen molar-refractivity contribution in [3.8, 4) is 0 Å². The lowest BCUT2D eigenvalue weighted by Gasteiger charge is -2.33. The maximum absolute atomic E-state index is 10.4. The average Bonchev–Trinajstić information content (AvgIpc) is 2.36. The molecular weight excluding hydrogens is 236 g/mol. The highest BCUT2D eigenvalue weighted by atomic mass is 28.4. The van der Waals surface area contributed by atoms with Crippen LogP contribution >= 0.6 is 0 Å². The molecule has 102 valence electrons. The molecule has 0 bridgehead atoms. The first-order chi connectivity index (χ1) is 8.10. The van der Waals surface area contributed by atoms with Crippen molar-refractivity contribution in [2.75, 3.05) is 21.3 Å². The lowest BCUT2D eigenvalue weighted by Crippen LogP contribution is -2.43. The molecule has 0 atom stereocenters. The first kappa shape index (κ1) is 15.1. The summed E-state index contributed by atoms with van der Waals surface area (Å²) in [7, 11) is 2.45. The van der Waals surface area contributed by atoms with Crippen LogP contribution in [0.25, 0.3) is 0 Å². The summed E-state index contributed by atoms with van der Waals surface area (Å²) in [5.74, 6) is 0. The second kappa shape index (κ2) is 6.85. The van der Waals surface area contributed by atoms with Gasteiger partial charge in [-0.1, -0.05) is 19.3 Å². The van der Waals surface area contributed by atoms with Gasteiger partial charge in [-0.25, -0.2) is 0 Å². The van der Waals surface area contributed by atoms with Gasteiger partial charge < -0.3 is 18.4 Å². The molecule has 0 aromatic heterocycles. The van der Waals surface area contributed by atoms with Crippen LogP contribution in [0.5, 0.6) is 0 Å². The third-order valence-corrected chi connectivity index (χ3v) is 6.67. The molecule has 1 aliphatic carbocycles. The van der Waals surface area contributed by atoms with Gasteiger partial charge in [0.15, 0.2) is 0 Å². The smallest absolute Gasteiger partial charge is 0.390 e. The molecule has 0 spiro atoms. The molecule has 4 nitrogen and oxygen atoms in total. The van der Waals surface area contributed by atoms with Gasteiger partial charge in [0.25, 0.3) is 0 Å². The predicted molar refractivity (Wildman–Crippen MR) is 68.9 cm³/mol. The maximum atomic E-state index is 10.4. The number of rotatable bonds is 7. The third kappa shape index (κ3) is 4.33. The van der Waals surface area contributed by atoms with Crippen LogP contribution in [0.15, 0.2) is 0 Å². The van der Waals surface area contributed by atoms with Gasteiger partial charge in [0.05, 0.1) is 5.60 Å². The van der Waals surface area contributed by atoms with Crippen LogP contribution in [0.1, 0.15) is 44.9 Å². The molecule has 0 aliphatic heterocycles. The van der Waals surface area contributed by atoms with E-state index in [0.29, 0.717) is 0 Å². The Balaban J connectivity index is 2.34. The Morgan fingerprint density at radius 3 is 2.00 bits per heavy atom. The zero-order chi connectivity index (χ0) is 12.8. The van der Waals surface area contributed by atoms with Crippen molar-refractivity contribution < 1.29 is 18.4 Å². The Morgan fingerprint density at radius 1 is 1.00 bits per heavy atom. The van der Waals surface area contributed by atoms with Crippen molar-refractivity contribution >= 4 is 8.80 Å². The summed E-state index contributed by atoms with van der Waals surface area (Å²) >= 11 is 0. The zero-order valence-corrected chi connectivity index (χ0v) is 12.3. The third-order valence-electron chi connectivity index (χ3n) is 3.84. The largest absolute Gasteiger partial charge is 0.500 e. The van der Waals surface area contributed by atoms with Crippen molar-refractivity contribution in [3.63, 3.8) is 0 Å². The van der Waals surface area contributed by atoms with Gasteiger partial charge in [-0.3, -0.25) is 0 Å². The number of hydrogen-bond acceptors (Lipinski definition) is 4. The van der Waals surface area contributed by atoms with Gasteiger partial charge in [-0.05, 0) is 25.7 Å². The van der Waals surface area contributed by atoms with E-state index in [2.05, 4.69) is 0 Å². The molecule has 0 aromatic rings. The van der Waals surface area contributed by atoms with Crippen LogP contribution in [0.2, 0.25) is 6.04 Å². The van der Waals surface area contributed by atoms with Crippen LogP contribution in [0.4, 0.5) is 0 Å². The van der Waals surface area contributed by atoms with Crippen molar-refractivity contribution in [2.24, 2.45) is 0 Å². The lowest BCUT2D eigenvalue weighted by molar-refractivity contribution is -0.00545. The molecule has 0 unspecified atom stereocenters. The second-order valence-corrected chi connectivity index (χ2v) is 8.02. The molecule has 0 amide bonds. The quantitative estimate of drug-likeness (QED) is 0.715. The molecule has 1 aliphatic rings. The van der Waals surface area contributed by atoms with E-state index in [1.165, 1.54) is 6.42 Å². The van der Waals surface area contributed by atoms with Crippen LogP contribution < -0.4 is 0 Å². The molecule has 1 N–H and O–H groups in total. The van der Waals surface area contributed by atoms with Crippen LogP contribution in [0.3, 0.4) is 0 Å². The summed E-state index contributed by atoms with van der Waals surface area (Å²) in [5.41, 5.74) is -0.451. The Bertz CT molecular complexity index is 204. The van der Waals surface area contributed by atoms with Gasteiger partial charge in [-0.2, -0.15) is 0 Å². The fraction of sp³-hybridized carbons (Fsp3) is 1.00. The Labute approximate surface area is 106 Å². The summed E-state index contributed by atoms with van der Waals surface area (Å²) in [4.78, 5) is 0. The minimum Gasteiger partial charge on any atom is -0.390 e. The van der Waals surface area contributed by atoms with Crippen LogP contribution in [0, 0.1) is 0 Å². The average molecular weight is 262 g/mol. The van der Waals surface area contributed by atoms with E-state index in [4.69, 9.17) is 13.3 Å². The highest BCUT2D eigenvalue weighted by molar-refractivity contribution is 6.60. The van der Waals surface area contributed by atoms with E-state index in [1.807, 2.05) is 0 Å². The van der Waals surface area contributed by atoms with Crippen LogP contribution in [-0.2, 0) is 13.3 Å². The molecule has 0 radical (unpaired) electrons. The van der Waals surface area contributed by atoms with Gasteiger partial charge >= 0.3 is 8.80 Å². The Kier molecular flexibility index (Phi) is 6.09. The minimum absolute atomic E-state index is 0.451. The first-order valence-electron chi connectivity index (χ1n) is 6.47. The molecule has 1 saturated carbocycles. The predicted octanol–water partition coefficient (Wildman–Crippen LogP) is 2.34. The fourth-order valence-corrected chi connectivity index (χ4v) is 4.37. The van der Waals surface area contributed by atoms with Gasteiger partial charge in [0.2, 0.25) is 0 Å². The van der Waals surface area contributed by atoms with E-state index < -0.39 is 14.4 Å². The normalized spacial score (nSPS) is 20.5. The number of aliphatic hydroxyl groups is 1. The van der Waals surface area contributed by atoms with Crippen LogP contribution in [-0.4, -0.2) is 40.8 Å². The highest BCUT2D eigenvalue weighted by Crippen LogP contribution is 2.33. The van der Waals surface area contributed by atoms with Gasteiger partial charge in [-0.15, -0.1) is 0 Å². The van der Waals surface area contributed by atoms with E-state index in [9.17, 15) is 5.11 Å². The van der Waals surface area contributed by atoms with Gasteiger partial charge in [0, 0.05) is 27.4 Å². The summed E-state index contributed by atoms with van der Waals surface area (Å²) in [6.07, 6.45) is 7.17. The van der Waals surface area contributed by atoms with Crippen molar-refractivity contribution in [1.82, 2.24) is 0 Å². The maximum Gasteiger partial charge on any atom is 0.500 e. The van der Waals surface area contributed by atoms with E-state index in [-0.39, 0.29) is 0 Å². The highest BCUT2D eigenvalue weighted by Gasteiger charge is 2.38. The topological polar surface area (TPSA) is 47.9 Å². The molecule has 17 heavy (non-hydrogen) atoms. The van der Waals surface area contributed by atoms with Crippen molar-refractivity contribution in [2.45, 2.75) is 56.6 Å². The van der Waals surface area contributed by atoms with E-state index in [1.54, 1.807) is 21.3 Å². The zero-order valence-electron chi connectivity index (χ0n) is 11.3. The monoisotopic (exact) mass is 262 g/mol. The number of hydrogen-bond donors (Lipinski definition) is 1. The summed E-state index contributed by atoms with van der Waals surface area (Å²) < 4.78 is 16.1. The molecular formula is C12H26O4Si. The fourth-order valence-electron chi connectivity index (χ4n) is 2.65. The summed E-state index contributed by atoms with van der Waals surface area (Å²) in [5, 5.41) is 10.4. The molecule has 0 saturated heterocycles. The standard InChI is InChI=1S/C12H26O4Si/c1-14-17(15-2,16-3)11-7-10-12(13)8-5-4-6-9-12/h13H,4-11H2,1-3H3. The van der Waals surface area contributed by atoms with E-state index >= 15 is 0 Å². The van der Waals surface area contributed by atoms with Gasteiger partial charge in [0.1, 0.15) is 0 Å². The molecule has 0 aromatic carbocycles. The van der Waals surface area contributed by atoms with Crippen molar-refractivity contribution in [1.29, 1.82) is 0 Å². The summed E-state index contributed by atoms with van der Waals surface area (Å²) in [6, 6.07) is 0.777. The van der Waals surface area contributed by atoms with Crippen molar-refractivity contribution in [3.05, 3.63) is 0 Å².